The van der Waals surface area contributed by atoms with Crippen LogP contribution >= 0.6 is 15.9 Å². The first kappa shape index (κ1) is 21.7. The van der Waals surface area contributed by atoms with Gasteiger partial charge in [0, 0.05) is 17.9 Å². The number of carbonyl (C=O) groups excluding carboxylic acids is 1. The molecule has 0 fully saturated rings. The van der Waals surface area contributed by atoms with Gasteiger partial charge in [-0.3, -0.25) is 4.79 Å². The van der Waals surface area contributed by atoms with Crippen LogP contribution in [0.2, 0.25) is 0 Å². The zero-order valence-electron chi connectivity index (χ0n) is 17.3. The maximum atomic E-state index is 12.2. The molecule has 0 unspecified atom stereocenters. The number of nitrogens with one attached hydrogen (secondary N) is 2. The first-order valence-electron chi connectivity index (χ1n) is 9.61. The minimum atomic E-state index is -0.195. The number of aryl methyl sites for hydroxylation is 2. The summed E-state index contributed by atoms with van der Waals surface area (Å²) in [6.45, 7) is 4.60. The van der Waals surface area contributed by atoms with Crippen molar-refractivity contribution >= 4 is 33.2 Å². The van der Waals surface area contributed by atoms with Crippen LogP contribution in [0.5, 0.6) is 11.5 Å². The van der Waals surface area contributed by atoms with Gasteiger partial charge >= 0.3 is 0 Å². The summed E-state index contributed by atoms with van der Waals surface area (Å²) >= 11 is 3.53. The van der Waals surface area contributed by atoms with Gasteiger partial charge in [0.25, 0.3) is 5.91 Å². The third-order valence-corrected chi connectivity index (χ3v) is 5.22. The summed E-state index contributed by atoms with van der Waals surface area (Å²) in [6, 6.07) is 19.5. The average Bonchev–Trinajstić information content (AvgIpc) is 2.74. The fourth-order valence-electron chi connectivity index (χ4n) is 2.97. The molecule has 2 N–H and O–H groups in total. The Bertz CT molecular complexity index is 1020. The van der Waals surface area contributed by atoms with Crippen molar-refractivity contribution in [2.24, 2.45) is 0 Å². The summed E-state index contributed by atoms with van der Waals surface area (Å²) in [4.78, 5) is 12.2. The SMILES string of the molecule is COc1ccc(NCc2ccc(OCC(=O)Nc3ccc(C)cc3C)c(Br)c2)cc1. The van der Waals surface area contributed by atoms with Gasteiger partial charge < -0.3 is 20.1 Å². The van der Waals surface area contributed by atoms with Gasteiger partial charge in [0.2, 0.25) is 0 Å². The highest BCUT2D eigenvalue weighted by molar-refractivity contribution is 9.10. The zero-order chi connectivity index (χ0) is 21.5. The van der Waals surface area contributed by atoms with Crippen LogP contribution < -0.4 is 20.1 Å². The highest BCUT2D eigenvalue weighted by atomic mass is 79.9. The van der Waals surface area contributed by atoms with Gasteiger partial charge in [-0.1, -0.05) is 23.8 Å². The minimum Gasteiger partial charge on any atom is -0.497 e. The lowest BCUT2D eigenvalue weighted by molar-refractivity contribution is -0.118. The Labute approximate surface area is 185 Å². The molecule has 5 nitrogen and oxygen atoms in total. The van der Waals surface area contributed by atoms with Crippen LogP contribution in [0, 0.1) is 13.8 Å². The lowest BCUT2D eigenvalue weighted by Gasteiger charge is -2.12. The number of ether oxygens (including phenoxy) is 2. The molecule has 30 heavy (non-hydrogen) atoms. The molecule has 6 heteroatoms. The molecule has 0 saturated heterocycles. The Balaban J connectivity index is 1.52. The van der Waals surface area contributed by atoms with Crippen molar-refractivity contribution in [2.75, 3.05) is 24.4 Å². The van der Waals surface area contributed by atoms with Gasteiger partial charge in [0.15, 0.2) is 6.61 Å². The lowest BCUT2D eigenvalue weighted by Crippen LogP contribution is -2.20. The van der Waals surface area contributed by atoms with Crippen molar-refractivity contribution in [3.05, 3.63) is 81.8 Å². The summed E-state index contributed by atoms with van der Waals surface area (Å²) in [5.41, 5.74) is 5.08. The molecular formula is C24H25BrN2O3. The number of amides is 1. The predicted octanol–water partition coefficient (Wildman–Crippen LogP) is 5.70. The molecular weight excluding hydrogens is 444 g/mol. The Hall–Kier alpha value is -2.99. The van der Waals surface area contributed by atoms with Crippen LogP contribution in [-0.2, 0) is 11.3 Å². The first-order valence-corrected chi connectivity index (χ1v) is 10.4. The van der Waals surface area contributed by atoms with E-state index in [-0.39, 0.29) is 12.5 Å². The average molecular weight is 469 g/mol. The van der Waals surface area contributed by atoms with E-state index in [1.54, 1.807) is 7.11 Å². The quantitative estimate of drug-likeness (QED) is 0.444. The second kappa shape index (κ2) is 10.2. The van der Waals surface area contributed by atoms with Crippen LogP contribution in [0.1, 0.15) is 16.7 Å². The van der Waals surface area contributed by atoms with Crippen LogP contribution in [0.3, 0.4) is 0 Å². The van der Waals surface area contributed by atoms with Crippen LogP contribution in [-0.4, -0.2) is 19.6 Å². The number of benzene rings is 3. The van der Waals surface area contributed by atoms with E-state index in [1.807, 2.05) is 74.5 Å². The fourth-order valence-corrected chi connectivity index (χ4v) is 3.51. The molecule has 156 valence electrons. The molecule has 0 bridgehead atoms. The predicted molar refractivity (Wildman–Crippen MR) is 125 cm³/mol. The number of halogens is 1. The van der Waals surface area contributed by atoms with Crippen molar-refractivity contribution in [2.45, 2.75) is 20.4 Å². The number of rotatable bonds is 8. The third kappa shape index (κ3) is 6.00. The lowest BCUT2D eigenvalue weighted by atomic mass is 10.1. The standard InChI is InChI=1S/C24H25BrN2O3/c1-16-4-10-22(17(2)12-16)27-24(28)15-30-23-11-5-18(13-21(23)25)14-26-19-6-8-20(29-3)9-7-19/h4-13,26H,14-15H2,1-3H3,(H,27,28). The number of methoxy groups -OCH3 is 1. The van der Waals surface area contributed by atoms with E-state index in [0.717, 1.165) is 38.3 Å². The Morgan fingerprint density at radius 1 is 1.00 bits per heavy atom. The van der Waals surface area contributed by atoms with E-state index >= 15 is 0 Å². The molecule has 3 rings (SSSR count). The highest BCUT2D eigenvalue weighted by Gasteiger charge is 2.09. The molecule has 3 aromatic rings. The summed E-state index contributed by atoms with van der Waals surface area (Å²) in [5, 5.41) is 6.25. The maximum Gasteiger partial charge on any atom is 0.262 e. The number of carbonyl (C=O) groups is 1. The summed E-state index contributed by atoms with van der Waals surface area (Å²) in [6.07, 6.45) is 0. The Kier molecular flexibility index (Phi) is 7.36. The monoisotopic (exact) mass is 468 g/mol. The second-order valence-electron chi connectivity index (χ2n) is 7.00. The van der Waals surface area contributed by atoms with E-state index < -0.39 is 0 Å². The molecule has 3 aromatic carbocycles. The van der Waals surface area contributed by atoms with Crippen LogP contribution in [0.15, 0.2) is 65.1 Å². The zero-order valence-corrected chi connectivity index (χ0v) is 18.9. The molecule has 0 radical (unpaired) electrons. The van der Waals surface area contributed by atoms with Crippen molar-refractivity contribution in [3.63, 3.8) is 0 Å². The van der Waals surface area contributed by atoms with Crippen LogP contribution in [0.25, 0.3) is 0 Å². The van der Waals surface area contributed by atoms with Gasteiger partial charge in [-0.25, -0.2) is 0 Å². The maximum absolute atomic E-state index is 12.2. The molecule has 0 spiro atoms. The molecule has 0 saturated carbocycles. The molecule has 0 aromatic heterocycles. The van der Waals surface area contributed by atoms with E-state index in [9.17, 15) is 4.79 Å². The summed E-state index contributed by atoms with van der Waals surface area (Å²) in [7, 11) is 1.65. The van der Waals surface area contributed by atoms with E-state index in [0.29, 0.717) is 12.3 Å². The van der Waals surface area contributed by atoms with Gasteiger partial charge in [-0.05, 0) is 83.4 Å². The minimum absolute atomic E-state index is 0.0602. The van der Waals surface area contributed by atoms with Crippen molar-refractivity contribution in [1.82, 2.24) is 0 Å². The normalized spacial score (nSPS) is 10.4. The van der Waals surface area contributed by atoms with E-state index in [2.05, 4.69) is 26.6 Å². The molecule has 0 aliphatic heterocycles. The molecule has 1 amide bonds. The van der Waals surface area contributed by atoms with E-state index in [4.69, 9.17) is 9.47 Å². The first-order chi connectivity index (χ1) is 14.4. The largest absolute Gasteiger partial charge is 0.497 e. The van der Waals surface area contributed by atoms with E-state index in [1.165, 1.54) is 0 Å². The van der Waals surface area contributed by atoms with Gasteiger partial charge in [-0.15, -0.1) is 0 Å². The fraction of sp³-hybridized carbons (Fsp3) is 0.208. The van der Waals surface area contributed by atoms with Crippen molar-refractivity contribution < 1.29 is 14.3 Å². The molecule has 0 heterocycles. The van der Waals surface area contributed by atoms with Gasteiger partial charge in [-0.2, -0.15) is 0 Å². The number of hydrogen-bond acceptors (Lipinski definition) is 4. The summed E-state index contributed by atoms with van der Waals surface area (Å²) in [5.74, 6) is 1.25. The number of anilines is 2. The van der Waals surface area contributed by atoms with Crippen molar-refractivity contribution in [1.29, 1.82) is 0 Å². The number of hydrogen-bond donors (Lipinski definition) is 2. The topological polar surface area (TPSA) is 59.6 Å². The van der Waals surface area contributed by atoms with Crippen molar-refractivity contribution in [3.8, 4) is 11.5 Å². The highest BCUT2D eigenvalue weighted by Crippen LogP contribution is 2.27. The van der Waals surface area contributed by atoms with Gasteiger partial charge in [0.1, 0.15) is 11.5 Å². The molecule has 0 aliphatic carbocycles. The molecule has 0 atom stereocenters. The smallest absolute Gasteiger partial charge is 0.262 e. The van der Waals surface area contributed by atoms with Crippen LogP contribution in [0.4, 0.5) is 11.4 Å². The van der Waals surface area contributed by atoms with Gasteiger partial charge in [0.05, 0.1) is 11.6 Å². The second-order valence-corrected chi connectivity index (χ2v) is 7.86. The summed E-state index contributed by atoms with van der Waals surface area (Å²) < 4.78 is 11.7. The Morgan fingerprint density at radius 2 is 1.77 bits per heavy atom. The Morgan fingerprint density at radius 3 is 2.43 bits per heavy atom. The molecule has 0 aliphatic rings. The third-order valence-electron chi connectivity index (χ3n) is 4.60.